The molecule has 2 N–H and O–H groups in total. The third kappa shape index (κ3) is 4.41. The molecule has 2 aliphatic carbocycles. The molecule has 2 amide bonds. The Kier molecular flexibility index (Phi) is 6.84. The quantitative estimate of drug-likeness (QED) is 0.747. The Morgan fingerprint density at radius 2 is 1.81 bits per heavy atom. The van der Waals surface area contributed by atoms with Crippen LogP contribution in [0, 0.1) is 29.1 Å². The summed E-state index contributed by atoms with van der Waals surface area (Å²) in [5, 5.41) is 14.8. The van der Waals surface area contributed by atoms with Crippen molar-refractivity contribution in [1.29, 1.82) is 0 Å². The van der Waals surface area contributed by atoms with Crippen LogP contribution in [0.25, 0.3) is 0 Å². The number of hydrogen-bond acceptors (Lipinski definition) is 5. The van der Waals surface area contributed by atoms with E-state index in [9.17, 15) is 14.7 Å². The van der Waals surface area contributed by atoms with E-state index in [1.54, 1.807) is 0 Å². The summed E-state index contributed by atoms with van der Waals surface area (Å²) in [4.78, 5) is 35.8. The smallest absolute Gasteiger partial charge is 0.254 e. The molecule has 0 bridgehead atoms. The van der Waals surface area contributed by atoms with Gasteiger partial charge < -0.3 is 15.3 Å². The average molecular weight is 443 g/mol. The first-order chi connectivity index (χ1) is 15.3. The summed E-state index contributed by atoms with van der Waals surface area (Å²) in [5.41, 5.74) is 0.496. The molecule has 1 aliphatic heterocycles. The summed E-state index contributed by atoms with van der Waals surface area (Å²) in [6.45, 7) is 8.14. The van der Waals surface area contributed by atoms with Crippen LogP contribution in [0.2, 0.25) is 0 Å². The molecule has 32 heavy (non-hydrogen) atoms. The molecule has 7 heteroatoms. The van der Waals surface area contributed by atoms with Crippen LogP contribution in [0.1, 0.15) is 76.1 Å². The van der Waals surface area contributed by atoms with E-state index < -0.39 is 6.10 Å². The van der Waals surface area contributed by atoms with Crippen molar-refractivity contribution in [2.75, 3.05) is 13.1 Å². The summed E-state index contributed by atoms with van der Waals surface area (Å²) in [7, 11) is 0. The molecular formula is C25H38N4O3. The fourth-order valence-electron chi connectivity index (χ4n) is 6.75. The molecule has 7 atom stereocenters. The monoisotopic (exact) mass is 442 g/mol. The van der Waals surface area contributed by atoms with Crippen LogP contribution in [0.5, 0.6) is 0 Å². The minimum atomic E-state index is -0.535. The van der Waals surface area contributed by atoms with Crippen molar-refractivity contribution in [1.82, 2.24) is 20.2 Å². The second-order valence-electron chi connectivity index (χ2n) is 10.7. The van der Waals surface area contributed by atoms with Gasteiger partial charge in [0.15, 0.2) is 0 Å². The number of likely N-dealkylation sites (tertiary alicyclic amines) is 1. The average Bonchev–Trinajstić information content (AvgIpc) is 2.81. The number of aliphatic hydroxyl groups is 1. The standard InChI is InChI=1S/C25H38N4O3/c1-16(24(32)29-11-5-4-6-12-29)19-7-9-25(3)10-8-20(17(2)21(25)22(19)30)28-23(31)18-13-26-15-27-14-18/h13-17,19-22,30H,4-12H2,1-3H3,(H,28,31)/t16-,17-,19+,20-,21+,22-,25+/m0/s1. The van der Waals surface area contributed by atoms with Crippen LogP contribution >= 0.6 is 0 Å². The van der Waals surface area contributed by atoms with Gasteiger partial charge in [0.25, 0.3) is 5.91 Å². The molecule has 2 saturated carbocycles. The lowest BCUT2D eigenvalue weighted by Crippen LogP contribution is -2.58. The molecule has 0 aromatic carbocycles. The molecule has 1 saturated heterocycles. The van der Waals surface area contributed by atoms with E-state index in [1.807, 2.05) is 11.8 Å². The summed E-state index contributed by atoms with van der Waals surface area (Å²) in [6.07, 6.45) is 11.1. The predicted octanol–water partition coefficient (Wildman–Crippen LogP) is 3.05. The Labute approximate surface area is 191 Å². The van der Waals surface area contributed by atoms with Gasteiger partial charge in [0.2, 0.25) is 5.91 Å². The van der Waals surface area contributed by atoms with Crippen molar-refractivity contribution in [3.05, 3.63) is 24.3 Å². The Bertz CT molecular complexity index is 813. The first kappa shape index (κ1) is 23.1. The van der Waals surface area contributed by atoms with Crippen molar-refractivity contribution < 1.29 is 14.7 Å². The van der Waals surface area contributed by atoms with Gasteiger partial charge >= 0.3 is 0 Å². The molecule has 0 spiro atoms. The number of hydrogen-bond donors (Lipinski definition) is 2. The van der Waals surface area contributed by atoms with E-state index in [0.717, 1.165) is 51.6 Å². The molecule has 1 aromatic rings. The highest BCUT2D eigenvalue weighted by Crippen LogP contribution is 2.55. The van der Waals surface area contributed by atoms with Crippen LogP contribution < -0.4 is 5.32 Å². The Morgan fingerprint density at radius 1 is 1.16 bits per heavy atom. The second-order valence-corrected chi connectivity index (χ2v) is 10.7. The highest BCUT2D eigenvalue weighted by atomic mass is 16.3. The maximum absolute atomic E-state index is 13.2. The molecule has 3 fully saturated rings. The lowest BCUT2D eigenvalue weighted by Gasteiger charge is -2.56. The minimum absolute atomic E-state index is 0.0118. The summed E-state index contributed by atoms with van der Waals surface area (Å²) in [6, 6.07) is -0.0118. The first-order valence-corrected chi connectivity index (χ1v) is 12.3. The van der Waals surface area contributed by atoms with Crippen molar-refractivity contribution >= 4 is 11.8 Å². The van der Waals surface area contributed by atoms with E-state index in [4.69, 9.17) is 0 Å². The van der Waals surface area contributed by atoms with E-state index in [1.165, 1.54) is 25.1 Å². The zero-order valence-corrected chi connectivity index (χ0v) is 19.7. The topological polar surface area (TPSA) is 95.4 Å². The molecular weight excluding hydrogens is 404 g/mol. The molecule has 0 unspecified atom stereocenters. The lowest BCUT2D eigenvalue weighted by molar-refractivity contribution is -0.150. The fraction of sp³-hybridized carbons (Fsp3) is 0.760. The van der Waals surface area contributed by atoms with Crippen LogP contribution in [0.3, 0.4) is 0 Å². The number of piperidine rings is 1. The van der Waals surface area contributed by atoms with Gasteiger partial charge in [-0.25, -0.2) is 9.97 Å². The van der Waals surface area contributed by atoms with E-state index in [-0.39, 0.29) is 46.9 Å². The number of rotatable bonds is 4. The summed E-state index contributed by atoms with van der Waals surface area (Å²) < 4.78 is 0. The lowest BCUT2D eigenvalue weighted by atomic mass is 9.51. The van der Waals surface area contributed by atoms with Crippen molar-refractivity contribution in [2.24, 2.45) is 29.1 Å². The zero-order valence-electron chi connectivity index (χ0n) is 19.7. The largest absolute Gasteiger partial charge is 0.392 e. The maximum atomic E-state index is 13.2. The number of aliphatic hydroxyl groups excluding tert-OH is 1. The number of nitrogens with zero attached hydrogens (tertiary/aromatic N) is 3. The van der Waals surface area contributed by atoms with Crippen LogP contribution in [-0.2, 0) is 4.79 Å². The molecule has 1 aromatic heterocycles. The summed E-state index contributed by atoms with van der Waals surface area (Å²) >= 11 is 0. The highest BCUT2D eigenvalue weighted by molar-refractivity contribution is 5.93. The van der Waals surface area contributed by atoms with Gasteiger partial charge in [0.05, 0.1) is 11.7 Å². The van der Waals surface area contributed by atoms with Crippen molar-refractivity contribution in [3.8, 4) is 0 Å². The van der Waals surface area contributed by atoms with Crippen LogP contribution in [-0.4, -0.2) is 57.0 Å². The third-order valence-electron chi connectivity index (χ3n) is 8.73. The fourth-order valence-corrected chi connectivity index (χ4v) is 6.75. The molecule has 3 aliphatic rings. The molecule has 0 radical (unpaired) electrons. The minimum Gasteiger partial charge on any atom is -0.392 e. The number of aromatic nitrogens is 2. The van der Waals surface area contributed by atoms with E-state index in [0.29, 0.717) is 5.56 Å². The van der Waals surface area contributed by atoms with Gasteiger partial charge in [0, 0.05) is 37.4 Å². The maximum Gasteiger partial charge on any atom is 0.254 e. The molecule has 7 nitrogen and oxygen atoms in total. The van der Waals surface area contributed by atoms with Crippen LogP contribution in [0.15, 0.2) is 18.7 Å². The van der Waals surface area contributed by atoms with E-state index in [2.05, 4.69) is 29.1 Å². The summed E-state index contributed by atoms with van der Waals surface area (Å²) in [5.74, 6) is 0.0239. The van der Waals surface area contributed by atoms with Gasteiger partial charge in [-0.1, -0.05) is 20.8 Å². The van der Waals surface area contributed by atoms with Gasteiger partial charge in [0.1, 0.15) is 6.33 Å². The van der Waals surface area contributed by atoms with Crippen molar-refractivity contribution in [3.63, 3.8) is 0 Å². The predicted molar refractivity (Wildman–Crippen MR) is 122 cm³/mol. The number of amides is 2. The number of carbonyl (C=O) groups excluding carboxylic acids is 2. The van der Waals surface area contributed by atoms with Gasteiger partial charge in [-0.2, -0.15) is 0 Å². The van der Waals surface area contributed by atoms with Gasteiger partial charge in [-0.15, -0.1) is 0 Å². The number of fused-ring (bicyclic) bond motifs is 1. The van der Waals surface area contributed by atoms with E-state index >= 15 is 0 Å². The highest BCUT2D eigenvalue weighted by Gasteiger charge is 2.54. The van der Waals surface area contributed by atoms with Crippen molar-refractivity contribution in [2.45, 2.75) is 77.9 Å². The number of nitrogens with one attached hydrogen (secondary N) is 1. The van der Waals surface area contributed by atoms with Crippen LogP contribution in [0.4, 0.5) is 0 Å². The number of carbonyl (C=O) groups is 2. The normalized spacial score (nSPS) is 36.1. The zero-order chi connectivity index (χ0) is 22.9. The molecule has 4 rings (SSSR count). The SMILES string of the molecule is C[C@@H]1[C@@H]2[C@@H](O)[C@@H]([C@H](C)C(=O)N3CCCCC3)CC[C@]2(C)CC[C@@H]1NC(=O)c1cncnc1. The Morgan fingerprint density at radius 3 is 2.50 bits per heavy atom. The second kappa shape index (κ2) is 9.46. The third-order valence-corrected chi connectivity index (χ3v) is 8.73. The first-order valence-electron chi connectivity index (χ1n) is 12.3. The molecule has 176 valence electrons. The molecule has 2 heterocycles. The van der Waals surface area contributed by atoms with Gasteiger partial charge in [-0.05, 0) is 68.1 Å². The van der Waals surface area contributed by atoms with Gasteiger partial charge in [-0.3, -0.25) is 9.59 Å². The Hall–Kier alpha value is -2.02. The Balaban J connectivity index is 1.47.